The Bertz CT molecular complexity index is 373. The summed E-state index contributed by atoms with van der Waals surface area (Å²) in [5.74, 6) is 0. The van der Waals surface area contributed by atoms with Gasteiger partial charge in [-0.1, -0.05) is 6.92 Å². The highest BCUT2D eigenvalue weighted by atomic mass is 16.5. The fourth-order valence-electron chi connectivity index (χ4n) is 2.40. The van der Waals surface area contributed by atoms with Gasteiger partial charge in [-0.15, -0.1) is 0 Å². The van der Waals surface area contributed by atoms with Crippen LogP contribution in [0.3, 0.4) is 0 Å². The molecule has 2 atom stereocenters. The van der Waals surface area contributed by atoms with Gasteiger partial charge < -0.3 is 15.0 Å². The van der Waals surface area contributed by atoms with E-state index in [2.05, 4.69) is 48.1 Å². The maximum absolute atomic E-state index is 5.76. The molecule has 1 aromatic heterocycles. The molecule has 1 aromatic rings. The largest absolute Gasteiger partial charge is 0.372 e. The van der Waals surface area contributed by atoms with E-state index in [9.17, 15) is 0 Å². The van der Waals surface area contributed by atoms with Crippen LogP contribution in [-0.4, -0.2) is 36.8 Å². The summed E-state index contributed by atoms with van der Waals surface area (Å²) < 4.78 is 5.76. The molecule has 2 rings (SSSR count). The van der Waals surface area contributed by atoms with Crippen molar-refractivity contribution in [2.45, 2.75) is 39.5 Å². The molecular formula is C14H23N3O. The Kier molecular flexibility index (Phi) is 4.55. The number of aromatic nitrogens is 1. The molecule has 0 saturated carbocycles. The molecule has 0 aliphatic carbocycles. The lowest BCUT2D eigenvalue weighted by molar-refractivity contribution is -0.00522. The Morgan fingerprint density at radius 1 is 1.39 bits per heavy atom. The zero-order valence-corrected chi connectivity index (χ0v) is 11.5. The van der Waals surface area contributed by atoms with E-state index in [0.29, 0.717) is 12.2 Å². The molecule has 0 spiro atoms. The second-order valence-electron chi connectivity index (χ2n) is 4.95. The normalized spacial score (nSPS) is 24.3. The second kappa shape index (κ2) is 6.16. The summed E-state index contributed by atoms with van der Waals surface area (Å²) in [5.41, 5.74) is 2.35. The SMILES string of the molecule is CCNCc1cc(N2CC(C)OC(C)C2)ccn1. The molecule has 0 radical (unpaired) electrons. The van der Waals surface area contributed by atoms with Crippen molar-refractivity contribution in [1.29, 1.82) is 0 Å². The van der Waals surface area contributed by atoms with Gasteiger partial charge in [0, 0.05) is 31.5 Å². The Hall–Kier alpha value is -1.13. The maximum atomic E-state index is 5.76. The van der Waals surface area contributed by atoms with Gasteiger partial charge in [0.25, 0.3) is 0 Å². The number of nitrogens with one attached hydrogen (secondary N) is 1. The Labute approximate surface area is 109 Å². The van der Waals surface area contributed by atoms with Crippen LogP contribution < -0.4 is 10.2 Å². The molecule has 0 amide bonds. The smallest absolute Gasteiger partial charge is 0.0726 e. The van der Waals surface area contributed by atoms with Crippen molar-refractivity contribution in [3.63, 3.8) is 0 Å². The van der Waals surface area contributed by atoms with Crippen LogP contribution in [-0.2, 0) is 11.3 Å². The number of anilines is 1. The van der Waals surface area contributed by atoms with Gasteiger partial charge in [-0.25, -0.2) is 0 Å². The quantitative estimate of drug-likeness (QED) is 0.883. The summed E-state index contributed by atoms with van der Waals surface area (Å²) in [7, 11) is 0. The van der Waals surface area contributed by atoms with E-state index in [-0.39, 0.29) is 0 Å². The predicted octanol–water partition coefficient (Wildman–Crippen LogP) is 1.80. The average Bonchev–Trinajstić information content (AvgIpc) is 2.35. The van der Waals surface area contributed by atoms with Crippen LogP contribution in [0.25, 0.3) is 0 Å². The third-order valence-electron chi connectivity index (χ3n) is 3.14. The lowest BCUT2D eigenvalue weighted by atomic mass is 10.2. The first-order valence-electron chi connectivity index (χ1n) is 6.75. The van der Waals surface area contributed by atoms with Gasteiger partial charge in [-0.2, -0.15) is 0 Å². The molecular weight excluding hydrogens is 226 g/mol. The third kappa shape index (κ3) is 3.43. The van der Waals surface area contributed by atoms with Crippen LogP contribution >= 0.6 is 0 Å². The van der Waals surface area contributed by atoms with Crippen molar-refractivity contribution in [3.8, 4) is 0 Å². The summed E-state index contributed by atoms with van der Waals surface area (Å²) in [4.78, 5) is 6.77. The molecule has 1 aliphatic rings. The molecule has 4 heteroatoms. The van der Waals surface area contributed by atoms with Crippen molar-refractivity contribution in [2.24, 2.45) is 0 Å². The highest BCUT2D eigenvalue weighted by Crippen LogP contribution is 2.20. The number of hydrogen-bond donors (Lipinski definition) is 1. The number of ether oxygens (including phenoxy) is 1. The summed E-state index contributed by atoms with van der Waals surface area (Å²) in [6.07, 6.45) is 2.48. The molecule has 0 aromatic carbocycles. The van der Waals surface area contributed by atoms with Crippen molar-refractivity contribution < 1.29 is 4.74 Å². The molecule has 2 unspecified atom stereocenters. The molecule has 1 saturated heterocycles. The second-order valence-corrected chi connectivity index (χ2v) is 4.95. The van der Waals surface area contributed by atoms with E-state index in [1.165, 1.54) is 5.69 Å². The number of pyridine rings is 1. The zero-order valence-electron chi connectivity index (χ0n) is 11.5. The summed E-state index contributed by atoms with van der Waals surface area (Å²) in [6.45, 7) is 10.1. The molecule has 4 nitrogen and oxygen atoms in total. The van der Waals surface area contributed by atoms with Crippen molar-refractivity contribution in [2.75, 3.05) is 24.5 Å². The van der Waals surface area contributed by atoms with E-state index in [1.54, 1.807) is 0 Å². The van der Waals surface area contributed by atoms with Gasteiger partial charge in [-0.05, 0) is 32.5 Å². The molecule has 1 fully saturated rings. The predicted molar refractivity (Wildman–Crippen MR) is 73.8 cm³/mol. The first-order chi connectivity index (χ1) is 8.69. The molecule has 100 valence electrons. The number of hydrogen-bond acceptors (Lipinski definition) is 4. The Morgan fingerprint density at radius 3 is 2.78 bits per heavy atom. The topological polar surface area (TPSA) is 37.4 Å². The van der Waals surface area contributed by atoms with E-state index in [4.69, 9.17) is 4.74 Å². The summed E-state index contributed by atoms with van der Waals surface area (Å²) >= 11 is 0. The molecule has 1 N–H and O–H groups in total. The molecule has 0 bridgehead atoms. The minimum atomic E-state index is 0.291. The van der Waals surface area contributed by atoms with Crippen molar-refractivity contribution in [3.05, 3.63) is 24.0 Å². The van der Waals surface area contributed by atoms with Crippen molar-refractivity contribution >= 4 is 5.69 Å². The van der Waals surface area contributed by atoms with Crippen molar-refractivity contribution in [1.82, 2.24) is 10.3 Å². The lowest BCUT2D eigenvalue weighted by Crippen LogP contribution is -2.45. The van der Waals surface area contributed by atoms with Gasteiger partial charge in [0.15, 0.2) is 0 Å². The van der Waals surface area contributed by atoms with E-state index < -0.39 is 0 Å². The minimum absolute atomic E-state index is 0.291. The van der Waals surface area contributed by atoms with Gasteiger partial charge in [0.1, 0.15) is 0 Å². The van der Waals surface area contributed by atoms with Gasteiger partial charge in [-0.3, -0.25) is 4.98 Å². The fourth-order valence-corrected chi connectivity index (χ4v) is 2.40. The van der Waals surface area contributed by atoms with Crippen LogP contribution in [0.4, 0.5) is 5.69 Å². The standard InChI is InChI=1S/C14H23N3O/c1-4-15-8-13-7-14(5-6-16-13)17-9-11(2)18-12(3)10-17/h5-7,11-12,15H,4,8-10H2,1-3H3. The van der Waals surface area contributed by atoms with Crippen LogP contribution in [0, 0.1) is 0 Å². The van der Waals surface area contributed by atoms with E-state index >= 15 is 0 Å². The number of morpholine rings is 1. The summed E-state index contributed by atoms with van der Waals surface area (Å²) in [6, 6.07) is 4.26. The van der Waals surface area contributed by atoms with Crippen LogP contribution in [0.5, 0.6) is 0 Å². The number of nitrogens with zero attached hydrogens (tertiary/aromatic N) is 2. The Balaban J connectivity index is 2.07. The van der Waals surface area contributed by atoms with E-state index in [1.807, 2.05) is 6.20 Å². The highest BCUT2D eigenvalue weighted by molar-refractivity contribution is 5.47. The first kappa shape index (κ1) is 13.3. The first-order valence-corrected chi connectivity index (χ1v) is 6.75. The minimum Gasteiger partial charge on any atom is -0.372 e. The average molecular weight is 249 g/mol. The zero-order chi connectivity index (χ0) is 13.0. The third-order valence-corrected chi connectivity index (χ3v) is 3.14. The molecule has 18 heavy (non-hydrogen) atoms. The Morgan fingerprint density at radius 2 is 2.11 bits per heavy atom. The monoisotopic (exact) mass is 249 g/mol. The summed E-state index contributed by atoms with van der Waals surface area (Å²) in [5, 5.41) is 3.31. The van der Waals surface area contributed by atoms with Gasteiger partial charge in [0.2, 0.25) is 0 Å². The van der Waals surface area contributed by atoms with Gasteiger partial charge >= 0.3 is 0 Å². The molecule has 1 aliphatic heterocycles. The van der Waals surface area contributed by atoms with Crippen LogP contribution in [0.2, 0.25) is 0 Å². The van der Waals surface area contributed by atoms with Crippen LogP contribution in [0.1, 0.15) is 26.5 Å². The maximum Gasteiger partial charge on any atom is 0.0726 e. The molecule has 2 heterocycles. The fraction of sp³-hybridized carbons (Fsp3) is 0.643. The highest BCUT2D eigenvalue weighted by Gasteiger charge is 2.22. The number of rotatable bonds is 4. The van der Waals surface area contributed by atoms with Gasteiger partial charge in [0.05, 0.1) is 17.9 Å². The van der Waals surface area contributed by atoms with Crippen LogP contribution in [0.15, 0.2) is 18.3 Å². The lowest BCUT2D eigenvalue weighted by Gasteiger charge is -2.36. The van der Waals surface area contributed by atoms with E-state index in [0.717, 1.165) is 31.9 Å².